The molecule has 0 aliphatic rings. The Bertz CT molecular complexity index is 155. The van der Waals surface area contributed by atoms with Gasteiger partial charge < -0.3 is 0 Å². The average Bonchev–Trinajstić information content (AvgIpc) is 1.97. The van der Waals surface area contributed by atoms with Gasteiger partial charge in [-0.15, -0.1) is 0 Å². The third kappa shape index (κ3) is 5.84. The standard InChI is InChI=1S/C12H25N/c1-10(2)9-13-8-7-12(5,6)11(3)4/h9-11H,7-8H2,1-6H3. The fourth-order valence-electron chi connectivity index (χ4n) is 0.927. The minimum absolute atomic E-state index is 0.425. The Hall–Kier alpha value is -0.330. The predicted molar refractivity (Wildman–Crippen MR) is 61.4 cm³/mol. The van der Waals surface area contributed by atoms with E-state index in [9.17, 15) is 0 Å². The molecule has 0 fully saturated rings. The Balaban J connectivity index is 3.76. The highest BCUT2D eigenvalue weighted by Crippen LogP contribution is 2.29. The highest BCUT2D eigenvalue weighted by Gasteiger charge is 2.20. The van der Waals surface area contributed by atoms with Crippen molar-refractivity contribution in [2.24, 2.45) is 22.2 Å². The Kier molecular flexibility index (Phi) is 5.27. The van der Waals surface area contributed by atoms with Gasteiger partial charge in [0.1, 0.15) is 0 Å². The van der Waals surface area contributed by atoms with E-state index in [1.54, 1.807) is 0 Å². The maximum absolute atomic E-state index is 4.41. The first-order valence-corrected chi connectivity index (χ1v) is 5.36. The molecule has 0 aliphatic carbocycles. The summed E-state index contributed by atoms with van der Waals surface area (Å²) in [5.41, 5.74) is 0.425. The molecule has 0 rings (SSSR count). The molecule has 0 amide bonds. The van der Waals surface area contributed by atoms with Crippen LogP contribution in [0.15, 0.2) is 4.99 Å². The largest absolute Gasteiger partial charge is 0.297 e. The fraction of sp³-hybridized carbons (Fsp3) is 0.917. The molecule has 0 bridgehead atoms. The van der Waals surface area contributed by atoms with Crippen LogP contribution in [0.4, 0.5) is 0 Å². The second kappa shape index (κ2) is 5.41. The van der Waals surface area contributed by atoms with E-state index in [2.05, 4.69) is 52.7 Å². The minimum atomic E-state index is 0.425. The molecule has 0 aromatic rings. The molecule has 13 heavy (non-hydrogen) atoms. The van der Waals surface area contributed by atoms with E-state index >= 15 is 0 Å². The molecule has 0 saturated carbocycles. The summed E-state index contributed by atoms with van der Waals surface area (Å²) in [6.45, 7) is 14.5. The van der Waals surface area contributed by atoms with Crippen LogP contribution in [0.3, 0.4) is 0 Å². The maximum Gasteiger partial charge on any atom is 0.0390 e. The number of hydrogen-bond acceptors (Lipinski definition) is 1. The normalized spacial score (nSPS) is 13.5. The van der Waals surface area contributed by atoms with Crippen LogP contribution in [-0.4, -0.2) is 12.8 Å². The first-order chi connectivity index (χ1) is 5.86. The summed E-state index contributed by atoms with van der Waals surface area (Å²) in [5.74, 6) is 1.32. The zero-order chi connectivity index (χ0) is 10.5. The summed E-state index contributed by atoms with van der Waals surface area (Å²) in [6, 6.07) is 0. The van der Waals surface area contributed by atoms with E-state index < -0.39 is 0 Å². The fourth-order valence-corrected chi connectivity index (χ4v) is 0.927. The van der Waals surface area contributed by atoms with Gasteiger partial charge in [-0.25, -0.2) is 0 Å². The Morgan fingerprint density at radius 1 is 1.15 bits per heavy atom. The van der Waals surface area contributed by atoms with Crippen molar-refractivity contribution >= 4 is 6.21 Å². The van der Waals surface area contributed by atoms with Crippen molar-refractivity contribution in [2.45, 2.75) is 48.0 Å². The molecule has 0 heterocycles. The lowest BCUT2D eigenvalue weighted by Gasteiger charge is -2.28. The summed E-state index contributed by atoms with van der Waals surface area (Å²) < 4.78 is 0. The van der Waals surface area contributed by atoms with Crippen LogP contribution in [0.25, 0.3) is 0 Å². The summed E-state index contributed by atoms with van der Waals surface area (Å²) in [6.07, 6.45) is 3.24. The summed E-state index contributed by atoms with van der Waals surface area (Å²) in [4.78, 5) is 4.41. The molecule has 0 saturated heterocycles. The highest BCUT2D eigenvalue weighted by atomic mass is 14.7. The van der Waals surface area contributed by atoms with E-state index in [1.807, 2.05) is 0 Å². The van der Waals surface area contributed by atoms with Crippen LogP contribution >= 0.6 is 0 Å². The average molecular weight is 183 g/mol. The molecule has 1 nitrogen and oxygen atoms in total. The molecule has 0 N–H and O–H groups in total. The number of aliphatic imine (C=N–C) groups is 1. The van der Waals surface area contributed by atoms with E-state index in [1.165, 1.54) is 6.42 Å². The third-order valence-electron chi connectivity index (χ3n) is 2.85. The van der Waals surface area contributed by atoms with Crippen LogP contribution < -0.4 is 0 Å². The van der Waals surface area contributed by atoms with E-state index in [0.717, 1.165) is 12.5 Å². The first-order valence-electron chi connectivity index (χ1n) is 5.36. The zero-order valence-corrected chi connectivity index (χ0v) is 10.1. The minimum Gasteiger partial charge on any atom is -0.297 e. The van der Waals surface area contributed by atoms with Crippen molar-refractivity contribution in [3.05, 3.63) is 0 Å². The molecule has 0 aromatic heterocycles. The maximum atomic E-state index is 4.41. The monoisotopic (exact) mass is 183 g/mol. The van der Waals surface area contributed by atoms with Gasteiger partial charge in [0.2, 0.25) is 0 Å². The molecule has 0 aliphatic heterocycles. The summed E-state index contributed by atoms with van der Waals surface area (Å²) in [5, 5.41) is 0. The van der Waals surface area contributed by atoms with Crippen molar-refractivity contribution in [1.82, 2.24) is 0 Å². The quantitative estimate of drug-likeness (QED) is 0.575. The van der Waals surface area contributed by atoms with Gasteiger partial charge in [0.25, 0.3) is 0 Å². The lowest BCUT2D eigenvalue weighted by molar-refractivity contribution is 0.234. The van der Waals surface area contributed by atoms with Crippen LogP contribution in [0.2, 0.25) is 0 Å². The zero-order valence-electron chi connectivity index (χ0n) is 10.1. The Labute approximate surface area is 83.6 Å². The van der Waals surface area contributed by atoms with Gasteiger partial charge in [-0.1, -0.05) is 41.5 Å². The van der Waals surface area contributed by atoms with Gasteiger partial charge in [-0.05, 0) is 23.7 Å². The first kappa shape index (κ1) is 12.7. The van der Waals surface area contributed by atoms with Gasteiger partial charge in [0, 0.05) is 12.8 Å². The molecule has 0 aromatic carbocycles. The van der Waals surface area contributed by atoms with E-state index in [4.69, 9.17) is 0 Å². The molecule has 0 radical (unpaired) electrons. The molecule has 0 unspecified atom stereocenters. The van der Waals surface area contributed by atoms with Gasteiger partial charge in [0.05, 0.1) is 0 Å². The smallest absolute Gasteiger partial charge is 0.0390 e. The molecular weight excluding hydrogens is 158 g/mol. The second-order valence-electron chi connectivity index (χ2n) is 5.19. The third-order valence-corrected chi connectivity index (χ3v) is 2.85. The van der Waals surface area contributed by atoms with Crippen molar-refractivity contribution in [2.75, 3.05) is 6.54 Å². The summed E-state index contributed by atoms with van der Waals surface area (Å²) in [7, 11) is 0. The van der Waals surface area contributed by atoms with Crippen molar-refractivity contribution in [3.8, 4) is 0 Å². The summed E-state index contributed by atoms with van der Waals surface area (Å²) >= 11 is 0. The lowest BCUT2D eigenvalue weighted by atomic mass is 9.78. The lowest BCUT2D eigenvalue weighted by Crippen LogP contribution is -2.20. The Morgan fingerprint density at radius 2 is 1.69 bits per heavy atom. The predicted octanol–water partition coefficient (Wildman–Crippen LogP) is 3.79. The number of nitrogens with zero attached hydrogens (tertiary/aromatic N) is 1. The number of rotatable bonds is 5. The SMILES string of the molecule is CC(C)C=NCCC(C)(C)C(C)C. The van der Waals surface area contributed by atoms with E-state index in [-0.39, 0.29) is 0 Å². The Morgan fingerprint density at radius 3 is 2.08 bits per heavy atom. The van der Waals surface area contributed by atoms with E-state index in [0.29, 0.717) is 11.3 Å². The van der Waals surface area contributed by atoms with Crippen molar-refractivity contribution < 1.29 is 0 Å². The molecular formula is C12H25N. The molecule has 0 spiro atoms. The van der Waals surface area contributed by atoms with Crippen molar-refractivity contribution in [3.63, 3.8) is 0 Å². The topological polar surface area (TPSA) is 12.4 Å². The van der Waals surface area contributed by atoms with Gasteiger partial charge >= 0.3 is 0 Å². The van der Waals surface area contributed by atoms with Crippen molar-refractivity contribution in [1.29, 1.82) is 0 Å². The molecule has 1 heteroatoms. The van der Waals surface area contributed by atoms with Gasteiger partial charge in [-0.2, -0.15) is 0 Å². The van der Waals surface area contributed by atoms with Crippen LogP contribution in [0.5, 0.6) is 0 Å². The highest BCUT2D eigenvalue weighted by molar-refractivity contribution is 5.59. The number of hydrogen-bond donors (Lipinski definition) is 0. The van der Waals surface area contributed by atoms with Gasteiger partial charge in [-0.3, -0.25) is 4.99 Å². The van der Waals surface area contributed by atoms with Crippen LogP contribution in [0.1, 0.15) is 48.0 Å². The van der Waals surface area contributed by atoms with Crippen LogP contribution in [0, 0.1) is 17.3 Å². The molecule has 78 valence electrons. The second-order valence-corrected chi connectivity index (χ2v) is 5.19. The van der Waals surface area contributed by atoms with Crippen LogP contribution in [-0.2, 0) is 0 Å². The molecule has 0 atom stereocenters. The van der Waals surface area contributed by atoms with Gasteiger partial charge in [0.15, 0.2) is 0 Å².